The number of carbonyl (C=O) groups is 2. The third-order valence-corrected chi connectivity index (χ3v) is 9.48. The topological polar surface area (TPSA) is 267 Å². The van der Waals surface area contributed by atoms with E-state index in [1.807, 2.05) is 0 Å². The van der Waals surface area contributed by atoms with Crippen LogP contribution in [-0.4, -0.2) is 91.9 Å². The minimum absolute atomic E-state index is 0. The van der Waals surface area contributed by atoms with Crippen molar-refractivity contribution in [3.8, 4) is 47.3 Å². The van der Waals surface area contributed by atoms with Gasteiger partial charge in [0.2, 0.25) is 5.82 Å². The van der Waals surface area contributed by atoms with Crippen LogP contribution in [0.25, 0.3) is 0 Å². The number of aromatic nitrogens is 8. The highest BCUT2D eigenvalue weighted by Gasteiger charge is 2.14. The van der Waals surface area contributed by atoms with Crippen LogP contribution in [0.3, 0.4) is 0 Å². The normalized spacial score (nSPS) is 10.5. The lowest BCUT2D eigenvalue weighted by molar-refractivity contribution is 0.0685. The number of hydrogen-bond acceptors (Lipinski definition) is 16. The molecule has 0 saturated carbocycles. The third kappa shape index (κ3) is 14.2. The van der Waals surface area contributed by atoms with Crippen molar-refractivity contribution in [1.82, 2.24) is 40.4 Å². The largest absolute Gasteiger partial charge is 0.485 e. The van der Waals surface area contributed by atoms with Crippen LogP contribution in [0.2, 0.25) is 0 Å². The molecule has 22 heteroatoms. The summed E-state index contributed by atoms with van der Waals surface area (Å²) in [5, 5.41) is 41.0. The van der Waals surface area contributed by atoms with Gasteiger partial charge < -0.3 is 29.2 Å². The Kier molecular flexibility index (Phi) is 17.4. The fraction of sp³-hybridized carbons (Fsp3) is 0.211. The predicted molar refractivity (Wildman–Crippen MR) is 216 cm³/mol. The molecule has 0 amide bonds. The number of carboxylic acids is 2. The number of terminal acetylenes is 1. The molecule has 0 bridgehead atoms. The number of sulfone groups is 2. The first-order valence-electron chi connectivity index (χ1n) is 16.2. The number of tetrazole rings is 2. The minimum Gasteiger partial charge on any atom is -0.485 e. The first-order valence-corrected chi connectivity index (χ1v) is 20.0. The SMILES string of the molecule is C.C.C#C.Cn1nnc(COc2cc(Oc3ccc(S(C)(=O)=O)cc3)cc(C(=O)O)c2)n1.Cn1nnnc1COc1cc(Oc2ccc(S(C)(=O)=O)cc2)cc(C(=O)O)c1. The van der Waals surface area contributed by atoms with Gasteiger partial charge in [-0.25, -0.2) is 31.1 Å². The van der Waals surface area contributed by atoms with Crippen molar-refractivity contribution in [3.05, 3.63) is 108 Å². The molecule has 0 radical (unpaired) electrons. The Morgan fingerprint density at radius 1 is 0.617 bits per heavy atom. The fourth-order valence-corrected chi connectivity index (χ4v) is 5.76. The van der Waals surface area contributed by atoms with Gasteiger partial charge in [-0.3, -0.25) is 0 Å². The zero-order valence-corrected chi connectivity index (χ0v) is 32.7. The average molecular weight is 867 g/mol. The summed E-state index contributed by atoms with van der Waals surface area (Å²) in [5.41, 5.74) is -0.0660. The van der Waals surface area contributed by atoms with Gasteiger partial charge in [-0.1, -0.05) is 14.9 Å². The average Bonchev–Trinajstić information content (AvgIpc) is 3.80. The molecule has 20 nitrogen and oxygen atoms in total. The lowest BCUT2D eigenvalue weighted by atomic mass is 10.2. The van der Waals surface area contributed by atoms with Crippen LogP contribution in [0.1, 0.15) is 47.2 Å². The molecule has 4 aromatic carbocycles. The number of aryl methyl sites for hydroxylation is 2. The zero-order valence-electron chi connectivity index (χ0n) is 31.0. The van der Waals surface area contributed by atoms with Gasteiger partial charge in [0, 0.05) is 31.7 Å². The number of benzene rings is 4. The van der Waals surface area contributed by atoms with E-state index in [2.05, 4.69) is 43.8 Å². The molecule has 0 aliphatic heterocycles. The number of rotatable bonds is 14. The van der Waals surface area contributed by atoms with Gasteiger partial charge >= 0.3 is 11.9 Å². The number of hydrogen-bond donors (Lipinski definition) is 2. The summed E-state index contributed by atoms with van der Waals surface area (Å²) in [6, 6.07) is 19.9. The van der Waals surface area contributed by atoms with Crippen molar-refractivity contribution >= 4 is 31.6 Å². The van der Waals surface area contributed by atoms with Crippen LogP contribution < -0.4 is 18.9 Å². The summed E-state index contributed by atoms with van der Waals surface area (Å²) >= 11 is 0. The van der Waals surface area contributed by atoms with E-state index in [0.29, 0.717) is 23.1 Å². The standard InChI is InChI=1S/2C17H16N4O6S.C2H2.2CH4/c1-21-16(18-19-20-21)10-26-13-7-11(17(22)23)8-14(9-13)27-12-3-5-15(6-4-12)28(2,24)25;1-21-19-16(18-20-21)10-26-13-7-11(17(22)23)8-14(9-13)27-12-3-5-15(6-4-12)28(2,24)25;1-2;;/h2*3-9H,10H2,1-2H3,(H,22,23);1-2H;2*1H4. The minimum atomic E-state index is -3.32. The molecule has 2 N–H and O–H groups in total. The Labute approximate surface area is 346 Å². The molecule has 0 fully saturated rings. The van der Waals surface area contributed by atoms with E-state index in [9.17, 15) is 36.6 Å². The van der Waals surface area contributed by atoms with E-state index < -0.39 is 31.6 Å². The van der Waals surface area contributed by atoms with Gasteiger partial charge in [0.05, 0.1) is 28.0 Å². The smallest absolute Gasteiger partial charge is 0.335 e. The lowest BCUT2D eigenvalue weighted by Gasteiger charge is -2.11. The number of nitrogens with zero attached hydrogens (tertiary/aromatic N) is 8. The monoisotopic (exact) mass is 866 g/mol. The summed E-state index contributed by atoms with van der Waals surface area (Å²) in [7, 11) is -3.37. The van der Waals surface area contributed by atoms with Gasteiger partial charge in [0.15, 0.2) is 32.1 Å². The van der Waals surface area contributed by atoms with E-state index in [1.165, 1.54) is 94.4 Å². The molecule has 0 spiro atoms. The van der Waals surface area contributed by atoms with E-state index in [1.54, 1.807) is 14.1 Å². The quantitative estimate of drug-likeness (QED) is 0.138. The summed E-state index contributed by atoms with van der Waals surface area (Å²) in [6.45, 7) is 0.0362. The zero-order chi connectivity index (χ0) is 42.6. The molecule has 318 valence electrons. The van der Waals surface area contributed by atoms with Crippen LogP contribution in [0.15, 0.2) is 94.7 Å². The Morgan fingerprint density at radius 3 is 1.38 bits per heavy atom. The molecule has 0 atom stereocenters. The summed E-state index contributed by atoms with van der Waals surface area (Å²) in [6.07, 6.45) is 10.2. The Hall–Kier alpha value is -7.38. The van der Waals surface area contributed by atoms with E-state index in [4.69, 9.17) is 18.9 Å². The van der Waals surface area contributed by atoms with Gasteiger partial charge in [-0.2, -0.15) is 4.80 Å². The predicted octanol–water partition coefficient (Wildman–Crippen LogP) is 4.89. The first kappa shape index (κ1) is 48.8. The molecule has 0 saturated heterocycles. The molecule has 6 rings (SSSR count). The molecule has 0 aliphatic rings. The molecule has 0 unspecified atom stereocenters. The summed E-state index contributed by atoms with van der Waals surface area (Å²) < 4.78 is 69.9. The van der Waals surface area contributed by atoms with E-state index >= 15 is 0 Å². The number of ether oxygens (including phenoxy) is 4. The second-order valence-corrected chi connectivity index (χ2v) is 15.7. The van der Waals surface area contributed by atoms with Gasteiger partial charge in [0.1, 0.15) is 41.1 Å². The molecular weight excluding hydrogens is 825 g/mol. The highest BCUT2D eigenvalue weighted by molar-refractivity contribution is 7.91. The molecule has 6 aromatic rings. The first-order chi connectivity index (χ1) is 27.4. The van der Waals surface area contributed by atoms with Crippen molar-refractivity contribution in [2.24, 2.45) is 14.1 Å². The molecule has 0 aliphatic carbocycles. The summed E-state index contributed by atoms with van der Waals surface area (Å²) in [4.78, 5) is 24.3. The third-order valence-electron chi connectivity index (χ3n) is 7.22. The van der Waals surface area contributed by atoms with Gasteiger partial charge in [-0.05, 0) is 88.4 Å². The maximum absolute atomic E-state index is 11.5. The Bertz CT molecular complexity index is 2630. The fourth-order valence-electron chi connectivity index (χ4n) is 4.50. The molecule has 2 heterocycles. The van der Waals surface area contributed by atoms with Crippen LogP contribution in [-0.2, 0) is 47.0 Å². The summed E-state index contributed by atoms with van der Waals surface area (Å²) in [5.74, 6) is 0.118. The Balaban J connectivity index is 0.000000385. The molecule has 2 aromatic heterocycles. The lowest BCUT2D eigenvalue weighted by Crippen LogP contribution is -2.05. The van der Waals surface area contributed by atoms with Crippen molar-refractivity contribution in [2.75, 3.05) is 12.5 Å². The molecule has 60 heavy (non-hydrogen) atoms. The van der Waals surface area contributed by atoms with Crippen LogP contribution in [0.4, 0.5) is 0 Å². The van der Waals surface area contributed by atoms with Crippen LogP contribution in [0, 0.1) is 12.8 Å². The van der Waals surface area contributed by atoms with Crippen molar-refractivity contribution in [1.29, 1.82) is 0 Å². The van der Waals surface area contributed by atoms with E-state index in [-0.39, 0.29) is 72.0 Å². The maximum Gasteiger partial charge on any atom is 0.335 e. The van der Waals surface area contributed by atoms with Crippen molar-refractivity contribution < 1.29 is 55.6 Å². The second-order valence-electron chi connectivity index (χ2n) is 11.7. The van der Waals surface area contributed by atoms with Gasteiger partial charge in [0.25, 0.3) is 0 Å². The Morgan fingerprint density at radius 2 is 1.03 bits per heavy atom. The highest BCUT2D eigenvalue weighted by atomic mass is 32.2. The van der Waals surface area contributed by atoms with Crippen LogP contribution >= 0.6 is 0 Å². The second kappa shape index (κ2) is 21.4. The number of aromatic carboxylic acids is 2. The number of carboxylic acid groups (broad SMARTS) is 2. The maximum atomic E-state index is 11.5. The van der Waals surface area contributed by atoms with Gasteiger partial charge in [-0.15, -0.1) is 28.1 Å². The highest BCUT2D eigenvalue weighted by Crippen LogP contribution is 2.30. The van der Waals surface area contributed by atoms with Crippen LogP contribution in [0.5, 0.6) is 34.5 Å². The van der Waals surface area contributed by atoms with E-state index in [0.717, 1.165) is 12.5 Å². The van der Waals surface area contributed by atoms with Crippen molar-refractivity contribution in [2.45, 2.75) is 37.9 Å². The van der Waals surface area contributed by atoms with Crippen molar-refractivity contribution in [3.63, 3.8) is 0 Å². The molecular formula is C38H42N8O12S2.